The van der Waals surface area contributed by atoms with Crippen LogP contribution in [0.15, 0.2) is 60.7 Å². The molecule has 50 heavy (non-hydrogen) atoms. The minimum absolute atomic E-state index is 0. The molecule has 2 aromatic carbocycles. The van der Waals surface area contributed by atoms with Gasteiger partial charge in [0.15, 0.2) is 0 Å². The number of hydrogen-bond donors (Lipinski definition) is 0. The fraction of sp³-hybridized carbons (Fsp3) is 0.535. The van der Waals surface area contributed by atoms with E-state index in [4.69, 9.17) is 42.6 Å². The van der Waals surface area contributed by atoms with E-state index in [0.29, 0.717) is 11.8 Å². The van der Waals surface area contributed by atoms with Gasteiger partial charge in [0.25, 0.3) is 0 Å². The van der Waals surface area contributed by atoms with Crippen molar-refractivity contribution in [3.05, 3.63) is 112 Å². The molecule has 0 aliphatic heterocycles. The Balaban J connectivity index is -0.000000546. The van der Waals surface area contributed by atoms with Gasteiger partial charge in [-0.3, -0.25) is 0 Å². The molecule has 2 aromatic rings. The summed E-state index contributed by atoms with van der Waals surface area (Å²) in [5.41, 5.74) is 8.43. The number of benzene rings is 2. The first-order valence-corrected chi connectivity index (χ1v) is 33.0. The molecular weight excluding hydrogens is 876 g/mol. The van der Waals surface area contributed by atoms with Crippen LogP contribution >= 0.6 is 42.6 Å². The van der Waals surface area contributed by atoms with E-state index in [0.717, 1.165) is 47.3 Å². The monoisotopic (exact) mass is 939 g/mol. The van der Waals surface area contributed by atoms with Gasteiger partial charge in [-0.2, -0.15) is 0 Å². The van der Waals surface area contributed by atoms with Crippen molar-refractivity contribution in [2.24, 2.45) is 47.3 Å². The first-order valence-electron chi connectivity index (χ1n) is 17.2. The molecule has 0 amide bonds. The molecular formula is C43H68Cl5Zr2-2. The summed E-state index contributed by atoms with van der Waals surface area (Å²) in [6, 6.07) is 17.1. The van der Waals surface area contributed by atoms with Crippen LogP contribution in [-0.2, 0) is 39.0 Å². The van der Waals surface area contributed by atoms with E-state index in [1.807, 2.05) is 0 Å². The molecule has 0 spiro atoms. The van der Waals surface area contributed by atoms with Gasteiger partial charge in [-0.1, -0.05) is 122 Å². The summed E-state index contributed by atoms with van der Waals surface area (Å²) < 4.78 is 0. The first kappa shape index (κ1) is 55.5. The van der Waals surface area contributed by atoms with Gasteiger partial charge in [0, 0.05) is 5.92 Å². The third-order valence-corrected chi connectivity index (χ3v) is 11.3. The average molecular weight is 945 g/mol. The summed E-state index contributed by atoms with van der Waals surface area (Å²) in [5, 5.41) is 0. The van der Waals surface area contributed by atoms with Crippen LogP contribution in [-0.4, -0.2) is 0 Å². The van der Waals surface area contributed by atoms with Gasteiger partial charge in [0.1, 0.15) is 0 Å². The van der Waals surface area contributed by atoms with Gasteiger partial charge in [0.2, 0.25) is 0 Å². The molecule has 0 heterocycles. The van der Waals surface area contributed by atoms with Gasteiger partial charge < -0.3 is 29.2 Å². The Bertz CT molecular complexity index is 1130. The Morgan fingerprint density at radius 1 is 0.560 bits per heavy atom. The normalized spacial score (nSPS) is 28.8. The summed E-state index contributed by atoms with van der Waals surface area (Å²) >= 11 is -2.95. The second kappa shape index (κ2) is 28.5. The van der Waals surface area contributed by atoms with Crippen molar-refractivity contribution < 1.29 is 39.0 Å². The van der Waals surface area contributed by atoms with Crippen molar-refractivity contribution in [1.29, 1.82) is 0 Å². The molecule has 0 N–H and O–H groups in total. The Kier molecular flexibility index (Phi) is 31.7. The van der Waals surface area contributed by atoms with Gasteiger partial charge in [-0.25, -0.2) is 0 Å². The molecule has 10 atom stereocenters. The topological polar surface area (TPSA) is 0 Å². The van der Waals surface area contributed by atoms with E-state index in [2.05, 4.69) is 144 Å². The zero-order valence-electron chi connectivity index (χ0n) is 33.6. The minimum atomic E-state index is -2.13. The van der Waals surface area contributed by atoms with Crippen LogP contribution in [0.2, 0.25) is 0 Å². The summed E-state index contributed by atoms with van der Waals surface area (Å²) in [6.45, 7) is 29.7. The van der Waals surface area contributed by atoms with Crippen LogP contribution in [0.1, 0.15) is 123 Å². The second-order valence-electron chi connectivity index (χ2n) is 14.4. The number of fused-ring (bicyclic) bond motifs is 2. The van der Waals surface area contributed by atoms with Crippen LogP contribution in [0, 0.1) is 76.5 Å². The van der Waals surface area contributed by atoms with Crippen molar-refractivity contribution >= 4 is 53.7 Å². The third kappa shape index (κ3) is 18.2. The van der Waals surface area contributed by atoms with Crippen molar-refractivity contribution in [2.45, 2.75) is 101 Å². The van der Waals surface area contributed by atoms with E-state index in [9.17, 15) is 0 Å². The van der Waals surface area contributed by atoms with E-state index in [1.165, 1.54) is 46.2 Å². The van der Waals surface area contributed by atoms with E-state index in [-0.39, 0.29) is 22.3 Å². The van der Waals surface area contributed by atoms with Crippen molar-refractivity contribution in [2.75, 3.05) is 0 Å². The molecule has 0 radical (unpaired) electrons. The number of allylic oxidation sites excluding steroid dienone is 4. The number of halogens is 5. The average Bonchev–Trinajstić information content (AvgIpc) is 3.64. The van der Waals surface area contributed by atoms with Gasteiger partial charge >= 0.3 is 81.6 Å². The number of rotatable bonds is 0. The van der Waals surface area contributed by atoms with E-state index >= 15 is 0 Å². The van der Waals surface area contributed by atoms with Crippen LogP contribution in [0.5, 0.6) is 0 Å². The van der Waals surface area contributed by atoms with Gasteiger partial charge in [0.05, 0.1) is 0 Å². The summed E-state index contributed by atoms with van der Waals surface area (Å²) in [4.78, 5) is 0. The SMILES string of the molecule is CC1=CC(C)c2ccccc21.CC1CC(C)C(C)C1C.CC1CC(C)C(C)C1C.[CH2-]C1C=C(C)c2ccccc21.[CH3-].[CH3-].[CH3-].[Cl][Zr+2][Cl].[Cl][Zr]([Cl])[Cl]. The Morgan fingerprint density at radius 3 is 1.12 bits per heavy atom. The summed E-state index contributed by atoms with van der Waals surface area (Å²) in [7, 11) is 24.9. The quantitative estimate of drug-likeness (QED) is 0.231. The number of hydrogen-bond acceptors (Lipinski definition) is 0. The predicted molar refractivity (Wildman–Crippen MR) is 228 cm³/mol. The zero-order chi connectivity index (χ0) is 36.0. The second-order valence-corrected chi connectivity index (χ2v) is 29.3. The predicted octanol–water partition coefficient (Wildman–Crippen LogP) is 16.9. The molecule has 4 aliphatic rings. The molecule has 2 saturated carbocycles. The Morgan fingerprint density at radius 2 is 0.840 bits per heavy atom. The van der Waals surface area contributed by atoms with Crippen LogP contribution in [0.4, 0.5) is 0 Å². The van der Waals surface area contributed by atoms with E-state index < -0.39 is 39.0 Å². The van der Waals surface area contributed by atoms with Crippen LogP contribution in [0.25, 0.3) is 11.1 Å². The molecule has 0 nitrogen and oxygen atoms in total. The first-order chi connectivity index (χ1) is 22.0. The summed E-state index contributed by atoms with van der Waals surface area (Å²) in [5.74, 6) is 8.69. The van der Waals surface area contributed by atoms with Gasteiger partial charge in [-0.05, 0) is 102 Å². The molecule has 7 heteroatoms. The molecule has 285 valence electrons. The molecule has 0 saturated heterocycles. The van der Waals surface area contributed by atoms with Crippen LogP contribution in [0.3, 0.4) is 0 Å². The maximum absolute atomic E-state index is 5.00. The fourth-order valence-electron chi connectivity index (χ4n) is 7.57. The molecule has 0 bridgehead atoms. The maximum atomic E-state index is 5.00. The van der Waals surface area contributed by atoms with Crippen molar-refractivity contribution in [1.82, 2.24) is 0 Å². The zero-order valence-corrected chi connectivity index (χ0v) is 42.3. The van der Waals surface area contributed by atoms with Gasteiger partial charge in [-0.15, -0.1) is 12.0 Å². The van der Waals surface area contributed by atoms with E-state index in [1.54, 1.807) is 0 Å². The molecule has 2 fully saturated rings. The molecule has 0 aromatic heterocycles. The molecule has 6 rings (SSSR count). The third-order valence-electron chi connectivity index (χ3n) is 11.3. The van der Waals surface area contributed by atoms with Crippen LogP contribution < -0.4 is 0 Å². The summed E-state index contributed by atoms with van der Waals surface area (Å²) in [6.07, 6.45) is 7.43. The van der Waals surface area contributed by atoms with Crippen molar-refractivity contribution in [3.63, 3.8) is 0 Å². The molecule has 4 aliphatic carbocycles. The Labute approximate surface area is 349 Å². The van der Waals surface area contributed by atoms with Crippen molar-refractivity contribution in [3.8, 4) is 0 Å². The standard InChI is InChI=1S/C11H12.C11H11.2C9H18.3CH3.5ClH.2Zr/c2*1-8-7-9(2)11-6-4-3-5-10(8)11;2*1-6-5-7(2)9(4)8(6)3;;;;;;;;;;/h3-8H,1-2H3;3-8H,1H2,2H3;2*6-9H,5H2,1-4H3;3*1H3;5*1H;;/q;-1;;;3*-1;;;;;;+3;+4/p-5. The Hall–Kier alpha value is 1.14. The molecule has 10 unspecified atom stereocenters. The fourth-order valence-corrected chi connectivity index (χ4v) is 7.57.